The number of amides is 1. The summed E-state index contributed by atoms with van der Waals surface area (Å²) in [7, 11) is 0. The zero-order valence-corrected chi connectivity index (χ0v) is 16.1. The maximum Gasteiger partial charge on any atom is 0.344 e. The highest BCUT2D eigenvalue weighted by atomic mass is 79.9. The molecule has 0 saturated heterocycles. The Bertz CT molecular complexity index is 754. The highest BCUT2D eigenvalue weighted by Crippen LogP contribution is 2.27. The fourth-order valence-electron chi connectivity index (χ4n) is 2.11. The molecule has 0 radical (unpaired) electrons. The second kappa shape index (κ2) is 8.87. The number of aryl methyl sites for hydroxylation is 2. The fourth-order valence-corrected chi connectivity index (χ4v) is 2.74. The minimum absolute atomic E-state index is 0.279. The molecule has 132 valence electrons. The smallest absolute Gasteiger partial charge is 0.344 e. The number of hydrogen-bond acceptors (Lipinski definition) is 4. The van der Waals surface area contributed by atoms with Crippen LogP contribution in [-0.4, -0.2) is 25.1 Å². The monoisotopic (exact) mass is 425 g/mol. The van der Waals surface area contributed by atoms with Gasteiger partial charge in [-0.1, -0.05) is 33.6 Å². The lowest BCUT2D eigenvalue weighted by molar-refractivity contribution is -0.149. The molecule has 0 unspecified atom stereocenters. The van der Waals surface area contributed by atoms with E-state index in [9.17, 15) is 9.59 Å². The third-order valence-electron chi connectivity index (χ3n) is 3.23. The molecule has 0 heterocycles. The molecule has 2 aromatic carbocycles. The predicted molar refractivity (Wildman–Crippen MR) is 100 cm³/mol. The molecule has 0 saturated carbocycles. The van der Waals surface area contributed by atoms with Gasteiger partial charge in [0.15, 0.2) is 13.2 Å². The van der Waals surface area contributed by atoms with Gasteiger partial charge in [-0.05, 0) is 55.3 Å². The molecule has 0 fully saturated rings. The van der Waals surface area contributed by atoms with Crippen LogP contribution in [0.4, 0.5) is 5.69 Å². The van der Waals surface area contributed by atoms with Crippen LogP contribution in [0.2, 0.25) is 5.02 Å². The molecule has 0 aromatic heterocycles. The third kappa shape index (κ3) is 6.07. The van der Waals surface area contributed by atoms with Gasteiger partial charge in [0.25, 0.3) is 5.91 Å². The van der Waals surface area contributed by atoms with Crippen molar-refractivity contribution < 1.29 is 19.1 Å². The van der Waals surface area contributed by atoms with E-state index in [1.807, 2.05) is 19.9 Å². The summed E-state index contributed by atoms with van der Waals surface area (Å²) in [6, 6.07) is 10.7. The van der Waals surface area contributed by atoms with Crippen LogP contribution in [0.5, 0.6) is 5.75 Å². The number of carbonyl (C=O) groups excluding carboxylic acids is 2. The fraction of sp³-hybridized carbons (Fsp3) is 0.222. The molecule has 2 aromatic rings. The van der Waals surface area contributed by atoms with Crippen LogP contribution in [-0.2, 0) is 14.3 Å². The van der Waals surface area contributed by atoms with Gasteiger partial charge in [-0.15, -0.1) is 0 Å². The minimum atomic E-state index is -0.634. The molecule has 2 rings (SSSR count). The molecule has 0 aliphatic rings. The number of carbonyl (C=O) groups is 2. The number of hydrogen-bond donors (Lipinski definition) is 1. The first-order valence-electron chi connectivity index (χ1n) is 7.45. The van der Waals surface area contributed by atoms with Crippen molar-refractivity contribution in [2.45, 2.75) is 13.8 Å². The highest BCUT2D eigenvalue weighted by Gasteiger charge is 2.12. The van der Waals surface area contributed by atoms with Crippen molar-refractivity contribution in [3.05, 3.63) is 57.0 Å². The summed E-state index contributed by atoms with van der Waals surface area (Å²) in [4.78, 5) is 23.6. The molecule has 25 heavy (non-hydrogen) atoms. The maximum absolute atomic E-state index is 11.9. The number of ether oxygens (including phenoxy) is 2. The molecule has 0 aliphatic carbocycles. The van der Waals surface area contributed by atoms with Crippen molar-refractivity contribution in [3.63, 3.8) is 0 Å². The van der Waals surface area contributed by atoms with E-state index in [4.69, 9.17) is 21.1 Å². The highest BCUT2D eigenvalue weighted by molar-refractivity contribution is 9.10. The van der Waals surface area contributed by atoms with Gasteiger partial charge >= 0.3 is 5.97 Å². The lowest BCUT2D eigenvalue weighted by Crippen LogP contribution is -2.24. The first kappa shape index (κ1) is 19.3. The number of esters is 1. The molecule has 7 heteroatoms. The first-order valence-corrected chi connectivity index (χ1v) is 8.63. The van der Waals surface area contributed by atoms with Crippen molar-refractivity contribution in [1.29, 1.82) is 0 Å². The van der Waals surface area contributed by atoms with E-state index >= 15 is 0 Å². The normalized spacial score (nSPS) is 10.2. The number of halogens is 2. The average molecular weight is 427 g/mol. The largest absolute Gasteiger partial charge is 0.482 e. The quantitative estimate of drug-likeness (QED) is 0.700. The van der Waals surface area contributed by atoms with E-state index in [0.29, 0.717) is 16.5 Å². The number of anilines is 1. The summed E-state index contributed by atoms with van der Waals surface area (Å²) in [6.07, 6.45) is 0. The Morgan fingerprint density at radius 3 is 2.44 bits per heavy atom. The molecule has 0 bridgehead atoms. The average Bonchev–Trinajstić information content (AvgIpc) is 2.55. The maximum atomic E-state index is 11.9. The molecule has 5 nitrogen and oxygen atoms in total. The topological polar surface area (TPSA) is 64.6 Å². The molecular formula is C18H17BrClNO4. The van der Waals surface area contributed by atoms with Gasteiger partial charge < -0.3 is 14.8 Å². The minimum Gasteiger partial charge on any atom is -0.482 e. The molecule has 0 spiro atoms. The summed E-state index contributed by atoms with van der Waals surface area (Å²) in [6.45, 7) is 3.07. The lowest BCUT2D eigenvalue weighted by Gasteiger charge is -2.12. The first-order chi connectivity index (χ1) is 11.8. The second-order valence-electron chi connectivity index (χ2n) is 5.39. The van der Waals surface area contributed by atoms with Gasteiger partial charge in [-0.2, -0.15) is 0 Å². The van der Waals surface area contributed by atoms with Crippen molar-refractivity contribution in [2.24, 2.45) is 0 Å². The number of rotatable bonds is 6. The Balaban J connectivity index is 1.79. The summed E-state index contributed by atoms with van der Waals surface area (Å²) in [5, 5.41) is 3.09. The Morgan fingerprint density at radius 1 is 1.12 bits per heavy atom. The van der Waals surface area contributed by atoms with Gasteiger partial charge in [-0.3, -0.25) is 4.79 Å². The predicted octanol–water partition coefficient (Wildman–Crippen LogP) is 4.28. The second-order valence-corrected chi connectivity index (χ2v) is 6.71. The van der Waals surface area contributed by atoms with Crippen LogP contribution in [0.3, 0.4) is 0 Å². The molecule has 1 amide bonds. The van der Waals surface area contributed by atoms with Gasteiger partial charge in [0.1, 0.15) is 5.75 Å². The zero-order valence-electron chi connectivity index (χ0n) is 13.8. The molecule has 0 atom stereocenters. The van der Waals surface area contributed by atoms with E-state index < -0.39 is 18.5 Å². The van der Waals surface area contributed by atoms with Crippen LogP contribution >= 0.6 is 27.5 Å². The van der Waals surface area contributed by atoms with Crippen LogP contribution < -0.4 is 10.1 Å². The van der Waals surface area contributed by atoms with Crippen molar-refractivity contribution in [2.75, 3.05) is 18.5 Å². The Morgan fingerprint density at radius 2 is 1.80 bits per heavy atom. The molecule has 1 N–H and O–H groups in total. The third-order valence-corrected chi connectivity index (χ3v) is 4.06. The van der Waals surface area contributed by atoms with Gasteiger partial charge in [-0.25, -0.2) is 4.79 Å². The summed E-state index contributed by atoms with van der Waals surface area (Å²) < 4.78 is 11.1. The number of benzene rings is 2. The van der Waals surface area contributed by atoms with E-state index in [1.165, 1.54) is 0 Å². The SMILES string of the molecule is Cc1cc(C)c(NC(=O)COC(=O)COc2ccc(Br)cc2)c(Cl)c1. The summed E-state index contributed by atoms with van der Waals surface area (Å²) in [5.74, 6) is -0.567. The summed E-state index contributed by atoms with van der Waals surface area (Å²) >= 11 is 9.43. The Hall–Kier alpha value is -2.05. The van der Waals surface area contributed by atoms with Gasteiger partial charge in [0.05, 0.1) is 10.7 Å². The Kier molecular flexibility index (Phi) is 6.84. The van der Waals surface area contributed by atoms with Crippen LogP contribution in [0, 0.1) is 13.8 Å². The van der Waals surface area contributed by atoms with Crippen molar-refractivity contribution >= 4 is 45.1 Å². The van der Waals surface area contributed by atoms with E-state index in [-0.39, 0.29) is 6.61 Å². The molecule has 0 aliphatic heterocycles. The van der Waals surface area contributed by atoms with E-state index in [2.05, 4.69) is 21.2 Å². The van der Waals surface area contributed by atoms with Crippen molar-refractivity contribution in [3.8, 4) is 5.75 Å². The van der Waals surface area contributed by atoms with E-state index in [1.54, 1.807) is 30.3 Å². The standard InChI is InChI=1S/C18H17BrClNO4/c1-11-7-12(2)18(15(20)8-11)21-16(22)9-25-17(23)10-24-14-5-3-13(19)4-6-14/h3-8H,9-10H2,1-2H3,(H,21,22). The Labute approximate surface area is 159 Å². The van der Waals surface area contributed by atoms with Crippen LogP contribution in [0.1, 0.15) is 11.1 Å². The van der Waals surface area contributed by atoms with Gasteiger partial charge in [0, 0.05) is 4.47 Å². The van der Waals surface area contributed by atoms with E-state index in [0.717, 1.165) is 15.6 Å². The summed E-state index contributed by atoms with van der Waals surface area (Å²) in [5.41, 5.74) is 2.35. The molecular weight excluding hydrogens is 410 g/mol. The lowest BCUT2D eigenvalue weighted by atomic mass is 10.1. The van der Waals surface area contributed by atoms with Gasteiger partial charge in [0.2, 0.25) is 0 Å². The van der Waals surface area contributed by atoms with Crippen molar-refractivity contribution in [1.82, 2.24) is 0 Å². The van der Waals surface area contributed by atoms with Crippen LogP contribution in [0.25, 0.3) is 0 Å². The van der Waals surface area contributed by atoms with Crippen LogP contribution in [0.15, 0.2) is 40.9 Å². The zero-order chi connectivity index (χ0) is 18.4. The number of nitrogens with one attached hydrogen (secondary N) is 1.